The highest BCUT2D eigenvalue weighted by Gasteiger charge is 2.20. The molecule has 0 bridgehead atoms. The van der Waals surface area contributed by atoms with Crippen molar-refractivity contribution in [3.05, 3.63) is 0 Å². The van der Waals surface area contributed by atoms with E-state index in [0.717, 1.165) is 51.6 Å². The van der Waals surface area contributed by atoms with Crippen LogP contribution in [-0.2, 0) is 10.0 Å². The van der Waals surface area contributed by atoms with Crippen LogP contribution in [0.5, 0.6) is 0 Å². The third kappa shape index (κ3) is 13.2. The molecule has 0 radical (unpaired) electrons. The summed E-state index contributed by atoms with van der Waals surface area (Å²) in [7, 11) is -3.05. The van der Waals surface area contributed by atoms with E-state index in [0.29, 0.717) is 5.75 Å². The minimum absolute atomic E-state index is 0.329. The molecule has 146 valence electrons. The molecule has 0 aliphatic heterocycles. The molecule has 3 nitrogen and oxygen atoms in total. The van der Waals surface area contributed by atoms with E-state index in [1.807, 2.05) is 0 Å². The van der Waals surface area contributed by atoms with Gasteiger partial charge >= 0.3 is 0 Å². The lowest BCUT2D eigenvalue weighted by Gasteiger charge is -2.22. The number of rotatable bonds is 18. The average Bonchev–Trinajstić information content (AvgIpc) is 2.57. The van der Waals surface area contributed by atoms with Gasteiger partial charge < -0.3 is 0 Å². The molecule has 0 spiro atoms. The first-order valence-electron chi connectivity index (χ1n) is 10.6. The second-order valence-electron chi connectivity index (χ2n) is 7.10. The summed E-state index contributed by atoms with van der Waals surface area (Å²) in [6.07, 6.45) is 16.3. The van der Waals surface area contributed by atoms with Gasteiger partial charge in [-0.3, -0.25) is 0 Å². The molecule has 4 heteroatoms. The second kappa shape index (κ2) is 16.4. The maximum atomic E-state index is 12.5. The van der Waals surface area contributed by atoms with Crippen molar-refractivity contribution in [1.82, 2.24) is 4.31 Å². The summed E-state index contributed by atoms with van der Waals surface area (Å²) in [4.78, 5) is 0. The van der Waals surface area contributed by atoms with Gasteiger partial charge in [-0.2, -0.15) is 0 Å². The lowest BCUT2D eigenvalue weighted by Crippen LogP contribution is -2.34. The molecule has 0 atom stereocenters. The van der Waals surface area contributed by atoms with E-state index in [1.54, 1.807) is 4.31 Å². The van der Waals surface area contributed by atoms with Crippen molar-refractivity contribution in [2.75, 3.05) is 18.8 Å². The topological polar surface area (TPSA) is 37.4 Å². The van der Waals surface area contributed by atoms with Crippen LogP contribution in [0.1, 0.15) is 111 Å². The molecule has 24 heavy (non-hydrogen) atoms. The molecule has 0 aliphatic rings. The molecule has 0 aromatic rings. The van der Waals surface area contributed by atoms with E-state index < -0.39 is 10.0 Å². The Morgan fingerprint density at radius 1 is 0.542 bits per heavy atom. The Labute approximate surface area is 152 Å². The van der Waals surface area contributed by atoms with Gasteiger partial charge in [0.15, 0.2) is 0 Å². The number of hydrogen-bond donors (Lipinski definition) is 0. The summed E-state index contributed by atoms with van der Waals surface area (Å²) < 4.78 is 26.9. The predicted molar refractivity (Wildman–Crippen MR) is 107 cm³/mol. The highest BCUT2D eigenvalue weighted by atomic mass is 32.2. The smallest absolute Gasteiger partial charge is 0.212 e. The third-order valence-corrected chi connectivity index (χ3v) is 6.63. The van der Waals surface area contributed by atoms with Crippen LogP contribution in [0.15, 0.2) is 0 Å². The summed E-state index contributed by atoms with van der Waals surface area (Å²) in [5, 5.41) is 0. The van der Waals surface area contributed by atoms with Crippen LogP contribution in [0.3, 0.4) is 0 Å². The van der Waals surface area contributed by atoms with Crippen molar-refractivity contribution in [3.8, 4) is 0 Å². The minimum Gasteiger partial charge on any atom is -0.212 e. The standard InChI is InChI=1S/C20H43NO2S/c1-4-7-10-12-14-16-18-21(24(22,23)20-9-6-3)19-17-15-13-11-8-5-2/h4-20H2,1-3H3. The molecule has 0 rings (SSSR count). The fraction of sp³-hybridized carbons (Fsp3) is 1.00. The summed E-state index contributed by atoms with van der Waals surface area (Å²) in [5.74, 6) is 0.329. The maximum Gasteiger partial charge on any atom is 0.214 e. The van der Waals surface area contributed by atoms with Crippen molar-refractivity contribution in [2.45, 2.75) is 111 Å². The number of nitrogens with zero attached hydrogens (tertiary/aromatic N) is 1. The Kier molecular flexibility index (Phi) is 16.3. The van der Waals surface area contributed by atoms with Gasteiger partial charge in [0.25, 0.3) is 0 Å². The predicted octanol–water partition coefficient (Wildman–Crippen LogP) is 6.14. The lowest BCUT2D eigenvalue weighted by atomic mass is 10.1. The molecular formula is C20H43NO2S. The second-order valence-corrected chi connectivity index (χ2v) is 9.19. The van der Waals surface area contributed by atoms with E-state index >= 15 is 0 Å². The van der Waals surface area contributed by atoms with Crippen LogP contribution in [0.4, 0.5) is 0 Å². The third-order valence-electron chi connectivity index (χ3n) is 4.67. The molecular weight excluding hydrogens is 318 g/mol. The number of unbranched alkanes of at least 4 members (excludes halogenated alkanes) is 11. The van der Waals surface area contributed by atoms with Crippen LogP contribution in [-0.4, -0.2) is 31.6 Å². The van der Waals surface area contributed by atoms with Crippen LogP contribution in [0.2, 0.25) is 0 Å². The van der Waals surface area contributed by atoms with Gasteiger partial charge in [-0.15, -0.1) is 0 Å². The normalized spacial score (nSPS) is 12.2. The molecule has 0 amide bonds. The SMILES string of the molecule is CCCCCCCCN(CCCCCCCC)S(=O)(=O)CCCC. The van der Waals surface area contributed by atoms with Crippen LogP contribution in [0.25, 0.3) is 0 Å². The average molecular weight is 362 g/mol. The molecule has 0 aromatic carbocycles. The van der Waals surface area contributed by atoms with Crippen LogP contribution < -0.4 is 0 Å². The van der Waals surface area contributed by atoms with Gasteiger partial charge in [-0.25, -0.2) is 12.7 Å². The summed E-state index contributed by atoms with van der Waals surface area (Å²) in [6.45, 7) is 7.96. The van der Waals surface area contributed by atoms with Gasteiger partial charge in [-0.05, 0) is 19.3 Å². The molecule has 0 unspecified atom stereocenters. The summed E-state index contributed by atoms with van der Waals surface area (Å²) >= 11 is 0. The van der Waals surface area contributed by atoms with Crippen molar-refractivity contribution < 1.29 is 8.42 Å². The van der Waals surface area contributed by atoms with Crippen LogP contribution >= 0.6 is 0 Å². The van der Waals surface area contributed by atoms with Gasteiger partial charge in [0.05, 0.1) is 5.75 Å². The summed E-state index contributed by atoms with van der Waals surface area (Å²) in [6, 6.07) is 0. The highest BCUT2D eigenvalue weighted by Crippen LogP contribution is 2.13. The van der Waals surface area contributed by atoms with Crippen molar-refractivity contribution in [1.29, 1.82) is 0 Å². The first-order valence-corrected chi connectivity index (χ1v) is 12.2. The molecule has 0 fully saturated rings. The quantitative estimate of drug-likeness (QED) is 0.275. The molecule has 0 aromatic heterocycles. The Bertz CT molecular complexity index is 339. The first-order chi connectivity index (χ1) is 11.6. The Balaban J connectivity index is 4.19. The maximum absolute atomic E-state index is 12.5. The van der Waals surface area contributed by atoms with Gasteiger partial charge in [0.2, 0.25) is 10.0 Å². The highest BCUT2D eigenvalue weighted by molar-refractivity contribution is 7.89. The van der Waals surface area contributed by atoms with E-state index in [2.05, 4.69) is 20.8 Å². The van der Waals surface area contributed by atoms with Crippen molar-refractivity contribution in [3.63, 3.8) is 0 Å². The molecule has 0 N–H and O–H groups in total. The van der Waals surface area contributed by atoms with Gasteiger partial charge in [-0.1, -0.05) is 91.4 Å². The van der Waals surface area contributed by atoms with Gasteiger partial charge in [0.1, 0.15) is 0 Å². The lowest BCUT2D eigenvalue weighted by molar-refractivity contribution is 0.383. The monoisotopic (exact) mass is 361 g/mol. The van der Waals surface area contributed by atoms with Crippen molar-refractivity contribution in [2.24, 2.45) is 0 Å². The Hall–Kier alpha value is -0.0900. The van der Waals surface area contributed by atoms with E-state index in [1.165, 1.54) is 51.4 Å². The van der Waals surface area contributed by atoms with Crippen molar-refractivity contribution >= 4 is 10.0 Å². The first kappa shape index (κ1) is 23.9. The van der Waals surface area contributed by atoms with Crippen LogP contribution in [0, 0.1) is 0 Å². The number of hydrogen-bond acceptors (Lipinski definition) is 2. The van der Waals surface area contributed by atoms with Gasteiger partial charge in [0, 0.05) is 13.1 Å². The summed E-state index contributed by atoms with van der Waals surface area (Å²) in [5.41, 5.74) is 0. The molecule has 0 saturated heterocycles. The minimum atomic E-state index is -3.05. The van der Waals surface area contributed by atoms with E-state index in [4.69, 9.17) is 0 Å². The zero-order valence-corrected chi connectivity index (χ0v) is 17.5. The molecule has 0 heterocycles. The van der Waals surface area contributed by atoms with E-state index in [9.17, 15) is 8.42 Å². The zero-order valence-electron chi connectivity index (χ0n) is 16.7. The molecule has 0 aliphatic carbocycles. The zero-order chi connectivity index (χ0) is 18.1. The van der Waals surface area contributed by atoms with E-state index in [-0.39, 0.29) is 0 Å². The Morgan fingerprint density at radius 2 is 0.917 bits per heavy atom. The molecule has 0 saturated carbocycles. The fourth-order valence-electron chi connectivity index (χ4n) is 2.98. The largest absolute Gasteiger partial charge is 0.214 e. The fourth-order valence-corrected chi connectivity index (χ4v) is 4.71. The Morgan fingerprint density at radius 3 is 1.33 bits per heavy atom. The number of sulfonamides is 1.